The minimum atomic E-state index is -1.17. The fraction of sp³-hybridized carbons (Fsp3) is 0. The van der Waals surface area contributed by atoms with Gasteiger partial charge in [0.25, 0.3) is 0 Å². The number of hydrogen-bond donors (Lipinski definition) is 1. The molecule has 0 aliphatic rings. The van der Waals surface area contributed by atoms with Crippen molar-refractivity contribution in [3.63, 3.8) is 0 Å². The van der Waals surface area contributed by atoms with E-state index in [0.29, 0.717) is 0 Å². The molecule has 1 N–H and O–H groups in total. The standard InChI is InChI=1S/HO2P.Pb.2H/c1-3-2;;;/h3H;;;/p+1. The SMILES string of the molecule is O=[PH+]O.[PbH2]. The third-order valence-electron chi connectivity index (χ3n) is 0. The molecule has 0 fully saturated rings. The van der Waals surface area contributed by atoms with Crippen LogP contribution in [0.1, 0.15) is 0 Å². The molecule has 2 nitrogen and oxygen atoms in total. The van der Waals surface area contributed by atoms with Gasteiger partial charge in [0.05, 0.1) is 0 Å². The first-order valence-corrected chi connectivity index (χ1v) is 1.28. The molecule has 0 amide bonds. The van der Waals surface area contributed by atoms with Crippen molar-refractivity contribution >= 4 is 36.0 Å². The Morgan fingerprint density at radius 1 is 1.75 bits per heavy atom. The Balaban J connectivity index is 0. The van der Waals surface area contributed by atoms with E-state index in [4.69, 9.17) is 9.46 Å². The van der Waals surface area contributed by atoms with Crippen molar-refractivity contribution in [1.29, 1.82) is 0 Å². The van der Waals surface area contributed by atoms with E-state index in [1.807, 2.05) is 0 Å². The zero-order valence-corrected chi connectivity index (χ0v) is 8.56. The van der Waals surface area contributed by atoms with E-state index in [0.717, 1.165) is 0 Å². The average Bonchev–Trinajstić information content (AvgIpc) is 0.918. The Morgan fingerprint density at radius 2 is 1.75 bits per heavy atom. The van der Waals surface area contributed by atoms with Gasteiger partial charge in [0, 0.05) is 0 Å². The molecule has 0 aromatic carbocycles. The first-order chi connectivity index (χ1) is 1.41. The Kier molecular flexibility index (Phi) is 20.0. The van der Waals surface area contributed by atoms with Crippen molar-refractivity contribution in [2.75, 3.05) is 0 Å². The summed E-state index contributed by atoms with van der Waals surface area (Å²) >= 11 is 0. The summed E-state index contributed by atoms with van der Waals surface area (Å²) < 4.78 is 8.51. The first-order valence-electron chi connectivity index (χ1n) is 0.428. The van der Waals surface area contributed by atoms with Crippen LogP contribution in [0.5, 0.6) is 0 Å². The van der Waals surface area contributed by atoms with Gasteiger partial charge in [-0.2, -0.15) is 4.89 Å². The van der Waals surface area contributed by atoms with Crippen LogP contribution in [-0.2, 0) is 4.57 Å². The quantitative estimate of drug-likeness (QED) is 0.454. The van der Waals surface area contributed by atoms with Gasteiger partial charge in [0.15, 0.2) is 0 Å². The molecule has 0 bridgehead atoms. The molecule has 0 heterocycles. The molecule has 0 rings (SSSR count). The van der Waals surface area contributed by atoms with Gasteiger partial charge in [-0.15, -0.1) is 0 Å². The topological polar surface area (TPSA) is 37.3 Å². The Morgan fingerprint density at radius 3 is 1.75 bits per heavy atom. The molecule has 4 heteroatoms. The van der Waals surface area contributed by atoms with E-state index in [-0.39, 0.29) is 27.3 Å². The van der Waals surface area contributed by atoms with Crippen molar-refractivity contribution < 1.29 is 9.46 Å². The molecule has 2 radical (unpaired) electrons. The molecule has 0 aromatic heterocycles. The second kappa shape index (κ2) is 9.01. The van der Waals surface area contributed by atoms with Gasteiger partial charge >= 0.3 is 36.0 Å². The zero-order valence-electron chi connectivity index (χ0n) is 2.06. The summed E-state index contributed by atoms with van der Waals surface area (Å²) in [6, 6.07) is 0. The molecule has 0 saturated heterocycles. The molecule has 0 aliphatic heterocycles. The Labute approximate surface area is 45.7 Å². The van der Waals surface area contributed by atoms with E-state index in [2.05, 4.69) is 0 Å². The van der Waals surface area contributed by atoms with Crippen molar-refractivity contribution in [3.05, 3.63) is 0 Å². The fourth-order valence-electron chi connectivity index (χ4n) is 0. The monoisotopic (exact) mass is 275 g/mol. The van der Waals surface area contributed by atoms with Crippen molar-refractivity contribution in [2.24, 2.45) is 0 Å². The normalized spacial score (nSPS) is 5.25. The maximum absolute atomic E-state index is 8.51. The van der Waals surface area contributed by atoms with Crippen molar-refractivity contribution in [2.45, 2.75) is 0 Å². The molecule has 0 aromatic rings. The van der Waals surface area contributed by atoms with E-state index in [1.165, 1.54) is 0 Å². The summed E-state index contributed by atoms with van der Waals surface area (Å²) in [4.78, 5) is 7.04. The van der Waals surface area contributed by atoms with Crippen LogP contribution in [-0.4, -0.2) is 32.2 Å². The van der Waals surface area contributed by atoms with Crippen LogP contribution in [0.15, 0.2) is 0 Å². The Bertz CT molecular complexity index is 13.5. The third-order valence-corrected chi connectivity index (χ3v) is 0. The second-order valence-corrected chi connectivity index (χ2v) is 0.274. The summed E-state index contributed by atoms with van der Waals surface area (Å²) in [6.45, 7) is 0. The van der Waals surface area contributed by atoms with Crippen LogP contribution in [0, 0.1) is 0 Å². The maximum atomic E-state index is 8.51. The average molecular weight is 274 g/mol. The van der Waals surface area contributed by atoms with Crippen LogP contribution in [0.4, 0.5) is 0 Å². The Hall–Kier alpha value is 0.982. The first kappa shape index (κ1) is 8.88. The summed E-state index contributed by atoms with van der Waals surface area (Å²) in [5.74, 6) is 0. The molecule has 0 saturated carbocycles. The summed E-state index contributed by atoms with van der Waals surface area (Å²) in [7, 11) is -1.17. The number of hydrogen-bond acceptors (Lipinski definition) is 1. The molecule has 1 atom stereocenters. The predicted octanol–water partition coefficient (Wildman–Crippen LogP) is -0.999. The van der Waals surface area contributed by atoms with Gasteiger partial charge in [-0.25, -0.2) is 0 Å². The molecule has 1 unspecified atom stereocenters. The zero-order chi connectivity index (χ0) is 2.71. The van der Waals surface area contributed by atoms with Gasteiger partial charge in [0.1, 0.15) is 0 Å². The molecule has 0 spiro atoms. The van der Waals surface area contributed by atoms with E-state index < -0.39 is 8.69 Å². The summed E-state index contributed by atoms with van der Waals surface area (Å²) in [6.07, 6.45) is 0. The molecular weight excluding hydrogens is 270 g/mol. The summed E-state index contributed by atoms with van der Waals surface area (Å²) in [5.41, 5.74) is 0. The van der Waals surface area contributed by atoms with Gasteiger partial charge in [-0.05, 0) is 4.57 Å². The van der Waals surface area contributed by atoms with Gasteiger partial charge in [-0.1, -0.05) is 0 Å². The molecule has 0 aliphatic carbocycles. The van der Waals surface area contributed by atoms with Crippen LogP contribution in [0.25, 0.3) is 0 Å². The number of rotatable bonds is 0. The van der Waals surface area contributed by atoms with Crippen LogP contribution >= 0.6 is 8.69 Å². The van der Waals surface area contributed by atoms with Gasteiger partial charge in [-0.3, -0.25) is 0 Å². The molecule has 4 heavy (non-hydrogen) atoms. The predicted molar refractivity (Wildman–Crippen MR) is 19.8 cm³/mol. The third kappa shape index (κ3) is 12.1. The molecule has 24 valence electrons. The fourth-order valence-corrected chi connectivity index (χ4v) is 0. The van der Waals surface area contributed by atoms with Crippen molar-refractivity contribution in [3.8, 4) is 0 Å². The van der Waals surface area contributed by atoms with Gasteiger partial charge < -0.3 is 0 Å². The van der Waals surface area contributed by atoms with E-state index in [1.54, 1.807) is 0 Å². The molecular formula is H4O2PPb+. The van der Waals surface area contributed by atoms with Crippen LogP contribution in [0.3, 0.4) is 0 Å². The minimum absolute atomic E-state index is 0. The van der Waals surface area contributed by atoms with Crippen LogP contribution < -0.4 is 0 Å². The van der Waals surface area contributed by atoms with E-state index >= 15 is 0 Å². The van der Waals surface area contributed by atoms with E-state index in [9.17, 15) is 0 Å². The van der Waals surface area contributed by atoms with Crippen molar-refractivity contribution in [1.82, 2.24) is 0 Å². The van der Waals surface area contributed by atoms with Gasteiger partial charge in [0.2, 0.25) is 0 Å². The summed E-state index contributed by atoms with van der Waals surface area (Å²) in [5, 5.41) is 0. The second-order valence-electron chi connectivity index (χ2n) is 0.0913. The van der Waals surface area contributed by atoms with Crippen LogP contribution in [0.2, 0.25) is 0 Å².